The highest BCUT2D eigenvalue weighted by molar-refractivity contribution is 7.13. The minimum atomic E-state index is -0.860. The fourth-order valence-electron chi connectivity index (χ4n) is 3.22. The third-order valence-electron chi connectivity index (χ3n) is 4.71. The number of nitrogens with zero attached hydrogens (tertiary/aromatic N) is 3. The highest BCUT2D eigenvalue weighted by Crippen LogP contribution is 2.34. The molecule has 11 heteroatoms. The van der Waals surface area contributed by atoms with Crippen molar-refractivity contribution in [1.29, 1.82) is 0 Å². The molecule has 160 valence electrons. The van der Waals surface area contributed by atoms with Crippen LogP contribution in [0.5, 0.6) is 0 Å². The SMILES string of the molecule is O=C(Nc1ccc(Cl)cc1)c1nnc(C2CCCN2C(=O)Nc2ccc(F)cc2F)s1. The van der Waals surface area contributed by atoms with E-state index in [-0.39, 0.29) is 10.7 Å². The molecule has 4 rings (SSSR count). The lowest BCUT2D eigenvalue weighted by atomic mass is 10.2. The summed E-state index contributed by atoms with van der Waals surface area (Å²) in [5.41, 5.74) is 0.451. The highest BCUT2D eigenvalue weighted by atomic mass is 35.5. The number of nitrogens with one attached hydrogen (secondary N) is 2. The molecule has 0 bridgehead atoms. The van der Waals surface area contributed by atoms with Crippen molar-refractivity contribution in [3.63, 3.8) is 0 Å². The van der Waals surface area contributed by atoms with E-state index in [1.165, 1.54) is 4.90 Å². The van der Waals surface area contributed by atoms with Crippen LogP contribution >= 0.6 is 22.9 Å². The van der Waals surface area contributed by atoms with Crippen molar-refractivity contribution in [2.24, 2.45) is 0 Å². The Morgan fingerprint density at radius 1 is 1.10 bits per heavy atom. The number of hydrogen-bond donors (Lipinski definition) is 2. The first kappa shape index (κ1) is 21.1. The zero-order chi connectivity index (χ0) is 22.0. The molecule has 7 nitrogen and oxygen atoms in total. The molecular formula is C20H16ClF2N5O2S. The van der Waals surface area contributed by atoms with Crippen molar-refractivity contribution in [2.45, 2.75) is 18.9 Å². The van der Waals surface area contributed by atoms with Gasteiger partial charge in [-0.3, -0.25) is 4.79 Å². The molecule has 0 aliphatic carbocycles. The Morgan fingerprint density at radius 2 is 1.87 bits per heavy atom. The van der Waals surface area contributed by atoms with Crippen molar-refractivity contribution in [1.82, 2.24) is 15.1 Å². The van der Waals surface area contributed by atoms with E-state index in [1.807, 2.05) is 0 Å². The molecule has 1 saturated heterocycles. The van der Waals surface area contributed by atoms with Crippen molar-refractivity contribution in [3.05, 3.63) is 69.1 Å². The summed E-state index contributed by atoms with van der Waals surface area (Å²) < 4.78 is 26.9. The number of anilines is 2. The summed E-state index contributed by atoms with van der Waals surface area (Å²) in [5.74, 6) is -2.01. The second-order valence-corrected chi connectivity index (χ2v) is 8.26. The largest absolute Gasteiger partial charge is 0.322 e. The van der Waals surface area contributed by atoms with Gasteiger partial charge in [0.05, 0.1) is 11.7 Å². The van der Waals surface area contributed by atoms with Crippen LogP contribution in [0.2, 0.25) is 5.02 Å². The van der Waals surface area contributed by atoms with Gasteiger partial charge in [-0.15, -0.1) is 10.2 Å². The molecule has 1 fully saturated rings. The molecule has 1 atom stereocenters. The maximum absolute atomic E-state index is 13.9. The van der Waals surface area contributed by atoms with Crippen molar-refractivity contribution < 1.29 is 18.4 Å². The highest BCUT2D eigenvalue weighted by Gasteiger charge is 2.33. The first-order valence-corrected chi connectivity index (χ1v) is 10.5. The van der Waals surface area contributed by atoms with Crippen LogP contribution in [-0.4, -0.2) is 33.6 Å². The monoisotopic (exact) mass is 463 g/mol. The number of urea groups is 1. The predicted molar refractivity (Wildman–Crippen MR) is 113 cm³/mol. The first-order valence-electron chi connectivity index (χ1n) is 9.34. The summed E-state index contributed by atoms with van der Waals surface area (Å²) in [6.45, 7) is 0.436. The summed E-state index contributed by atoms with van der Waals surface area (Å²) in [4.78, 5) is 26.6. The van der Waals surface area contributed by atoms with Gasteiger partial charge in [0.25, 0.3) is 5.91 Å². The average Bonchev–Trinajstić information content (AvgIpc) is 3.41. The van der Waals surface area contributed by atoms with Crippen LogP contribution in [0.3, 0.4) is 0 Å². The van der Waals surface area contributed by atoms with Gasteiger partial charge in [0.15, 0.2) is 0 Å². The molecule has 3 amide bonds. The third kappa shape index (κ3) is 4.80. The second-order valence-electron chi connectivity index (χ2n) is 6.81. The Morgan fingerprint density at radius 3 is 2.61 bits per heavy atom. The smallest absolute Gasteiger partial charge is 0.320 e. The maximum atomic E-state index is 13.9. The molecule has 2 aromatic carbocycles. The van der Waals surface area contributed by atoms with Gasteiger partial charge in [-0.2, -0.15) is 0 Å². The molecule has 0 radical (unpaired) electrons. The number of aromatic nitrogens is 2. The van der Waals surface area contributed by atoms with E-state index in [2.05, 4.69) is 20.8 Å². The second kappa shape index (κ2) is 8.94. The average molecular weight is 464 g/mol. The molecule has 2 N–H and O–H groups in total. The third-order valence-corrected chi connectivity index (χ3v) is 5.98. The van der Waals surface area contributed by atoms with E-state index >= 15 is 0 Å². The van der Waals surface area contributed by atoms with Crippen LogP contribution in [0, 0.1) is 11.6 Å². The number of halogens is 3. The van der Waals surface area contributed by atoms with E-state index in [0.717, 1.165) is 29.9 Å². The quantitative estimate of drug-likeness (QED) is 0.564. The van der Waals surface area contributed by atoms with Crippen molar-refractivity contribution >= 4 is 46.3 Å². The van der Waals surface area contributed by atoms with Crippen LogP contribution in [0.15, 0.2) is 42.5 Å². The Balaban J connectivity index is 1.45. The molecule has 31 heavy (non-hydrogen) atoms. The lowest BCUT2D eigenvalue weighted by Gasteiger charge is -2.23. The van der Waals surface area contributed by atoms with Gasteiger partial charge >= 0.3 is 6.03 Å². The van der Waals surface area contributed by atoms with Gasteiger partial charge in [0, 0.05) is 23.3 Å². The molecule has 3 aromatic rings. The van der Waals surface area contributed by atoms with E-state index in [4.69, 9.17) is 11.6 Å². The number of likely N-dealkylation sites (tertiary alicyclic amines) is 1. The van der Waals surface area contributed by atoms with E-state index < -0.39 is 29.6 Å². The minimum Gasteiger partial charge on any atom is -0.320 e. The van der Waals surface area contributed by atoms with Crippen LogP contribution in [0.1, 0.15) is 33.7 Å². The molecule has 1 aliphatic heterocycles. The fourth-order valence-corrected chi connectivity index (χ4v) is 4.24. The molecule has 0 spiro atoms. The normalized spacial score (nSPS) is 15.7. The van der Waals surface area contributed by atoms with Crippen LogP contribution in [0.25, 0.3) is 0 Å². The Kier molecular flexibility index (Phi) is 6.10. The van der Waals surface area contributed by atoms with Crippen LogP contribution < -0.4 is 10.6 Å². The fraction of sp³-hybridized carbons (Fsp3) is 0.200. The topological polar surface area (TPSA) is 87.2 Å². The van der Waals surface area contributed by atoms with Gasteiger partial charge in [0.1, 0.15) is 16.6 Å². The van der Waals surface area contributed by atoms with E-state index in [9.17, 15) is 18.4 Å². The first-order chi connectivity index (χ1) is 14.9. The molecule has 1 aliphatic rings. The predicted octanol–water partition coefficient (Wildman–Crippen LogP) is 5.09. The lowest BCUT2D eigenvalue weighted by Crippen LogP contribution is -2.34. The summed E-state index contributed by atoms with van der Waals surface area (Å²) in [6, 6.07) is 8.65. The van der Waals surface area contributed by atoms with Crippen LogP contribution in [-0.2, 0) is 0 Å². The number of amides is 3. The summed E-state index contributed by atoms with van der Waals surface area (Å²) in [5, 5.41) is 14.4. The molecule has 1 unspecified atom stereocenters. The van der Waals surface area contributed by atoms with Crippen molar-refractivity contribution in [2.75, 3.05) is 17.2 Å². The van der Waals surface area contributed by atoms with Gasteiger partial charge in [-0.1, -0.05) is 22.9 Å². The van der Waals surface area contributed by atoms with Gasteiger partial charge in [0.2, 0.25) is 5.01 Å². The standard InChI is InChI=1S/C20H16ClF2N5O2S/c21-11-3-6-13(7-4-11)24-17(29)19-27-26-18(31-19)16-2-1-9-28(16)20(30)25-15-8-5-12(22)10-14(15)23/h3-8,10,16H,1-2,9H2,(H,24,29)(H,25,30). The number of rotatable bonds is 4. The number of carbonyl (C=O) groups is 2. The zero-order valence-electron chi connectivity index (χ0n) is 15.9. The van der Waals surface area contributed by atoms with Gasteiger partial charge in [-0.25, -0.2) is 13.6 Å². The van der Waals surface area contributed by atoms with Gasteiger partial charge in [-0.05, 0) is 49.2 Å². The number of carbonyl (C=O) groups excluding carboxylic acids is 2. The Hall–Kier alpha value is -3.11. The zero-order valence-corrected chi connectivity index (χ0v) is 17.5. The van der Waals surface area contributed by atoms with E-state index in [0.29, 0.717) is 34.7 Å². The van der Waals surface area contributed by atoms with Gasteiger partial charge < -0.3 is 15.5 Å². The molecule has 0 saturated carbocycles. The number of hydrogen-bond acceptors (Lipinski definition) is 5. The summed E-state index contributed by atoms with van der Waals surface area (Å²) in [7, 11) is 0. The molecule has 1 aromatic heterocycles. The Labute approximate surface area is 185 Å². The lowest BCUT2D eigenvalue weighted by molar-refractivity contribution is 0.102. The molecule has 2 heterocycles. The van der Waals surface area contributed by atoms with Crippen molar-refractivity contribution in [3.8, 4) is 0 Å². The summed E-state index contributed by atoms with van der Waals surface area (Å²) >= 11 is 6.93. The summed E-state index contributed by atoms with van der Waals surface area (Å²) in [6.07, 6.45) is 1.35. The maximum Gasteiger partial charge on any atom is 0.322 e. The minimum absolute atomic E-state index is 0.114. The Bertz CT molecular complexity index is 1130. The molecular weight excluding hydrogens is 448 g/mol. The van der Waals surface area contributed by atoms with Crippen LogP contribution in [0.4, 0.5) is 25.0 Å². The number of benzene rings is 2. The van der Waals surface area contributed by atoms with E-state index in [1.54, 1.807) is 24.3 Å².